The zero-order valence-corrected chi connectivity index (χ0v) is 9.62. The van der Waals surface area contributed by atoms with Gasteiger partial charge in [-0.25, -0.2) is 9.97 Å². The van der Waals surface area contributed by atoms with Gasteiger partial charge in [0.1, 0.15) is 11.6 Å². The molecule has 0 atom stereocenters. The molecule has 2 aromatic heterocycles. The molecule has 0 aliphatic heterocycles. The second-order valence-electron chi connectivity index (χ2n) is 3.14. The van der Waals surface area contributed by atoms with Gasteiger partial charge in [-0.1, -0.05) is 0 Å². The van der Waals surface area contributed by atoms with Crippen LogP contribution in [0, 0.1) is 13.8 Å². The number of pyridine rings is 1. The fraction of sp³-hybridized carbons (Fsp3) is 0.200. The van der Waals surface area contributed by atoms with Gasteiger partial charge in [0.05, 0.1) is 0 Å². The Balaban J connectivity index is 2.58. The minimum Gasteiger partial charge on any atom is -0.288 e. The smallest absolute Gasteiger partial charge is 0.141 e. The van der Waals surface area contributed by atoms with Gasteiger partial charge in [0, 0.05) is 23.1 Å². The summed E-state index contributed by atoms with van der Waals surface area (Å²) in [5, 5.41) is 0. The van der Waals surface area contributed by atoms with Crippen molar-refractivity contribution in [3.8, 4) is 5.82 Å². The van der Waals surface area contributed by atoms with Crippen molar-refractivity contribution in [3.63, 3.8) is 0 Å². The van der Waals surface area contributed by atoms with Crippen LogP contribution in [0.4, 0.5) is 0 Å². The first-order chi connectivity index (χ1) is 6.68. The summed E-state index contributed by atoms with van der Waals surface area (Å²) in [6.45, 7) is 4.00. The van der Waals surface area contributed by atoms with Crippen LogP contribution < -0.4 is 0 Å². The van der Waals surface area contributed by atoms with Gasteiger partial charge < -0.3 is 0 Å². The number of aromatic nitrogens is 3. The van der Waals surface area contributed by atoms with Crippen LogP contribution in [-0.4, -0.2) is 14.5 Å². The van der Waals surface area contributed by atoms with E-state index >= 15 is 0 Å². The molecule has 0 spiro atoms. The second-order valence-corrected chi connectivity index (χ2v) is 4.05. The van der Waals surface area contributed by atoms with Crippen molar-refractivity contribution in [2.75, 3.05) is 0 Å². The van der Waals surface area contributed by atoms with Crippen molar-refractivity contribution < 1.29 is 0 Å². The largest absolute Gasteiger partial charge is 0.288 e. The van der Waals surface area contributed by atoms with Crippen LogP contribution in [0.5, 0.6) is 0 Å². The molecule has 2 aromatic rings. The lowest BCUT2D eigenvalue weighted by Crippen LogP contribution is -2.01. The summed E-state index contributed by atoms with van der Waals surface area (Å²) in [6, 6.07) is 2.04. The predicted octanol–water partition coefficient (Wildman–Crippen LogP) is 2.65. The molecule has 0 N–H and O–H groups in total. The molecule has 0 aliphatic carbocycles. The lowest BCUT2D eigenvalue weighted by molar-refractivity contribution is 0.919. The standard InChI is InChI=1S/C10H10BrN3/c1-7-5-9(11)6-13-10(7)14-4-3-12-8(14)2/h3-6H,1-2H3. The van der Waals surface area contributed by atoms with E-state index in [2.05, 4.69) is 25.9 Å². The van der Waals surface area contributed by atoms with Gasteiger partial charge in [-0.05, 0) is 41.4 Å². The molecule has 0 aliphatic rings. The highest BCUT2D eigenvalue weighted by molar-refractivity contribution is 9.10. The maximum atomic E-state index is 4.36. The monoisotopic (exact) mass is 251 g/mol. The molecule has 0 radical (unpaired) electrons. The third-order valence-electron chi connectivity index (χ3n) is 2.07. The van der Waals surface area contributed by atoms with E-state index in [0.717, 1.165) is 21.7 Å². The van der Waals surface area contributed by atoms with Crippen molar-refractivity contribution in [3.05, 3.63) is 40.5 Å². The van der Waals surface area contributed by atoms with Crippen LogP contribution in [0.15, 0.2) is 29.1 Å². The average Bonchev–Trinajstić information content (AvgIpc) is 2.52. The highest BCUT2D eigenvalue weighted by atomic mass is 79.9. The highest BCUT2D eigenvalue weighted by Gasteiger charge is 2.05. The predicted molar refractivity (Wildman–Crippen MR) is 58.5 cm³/mol. The number of halogens is 1. The Morgan fingerprint density at radius 3 is 2.64 bits per heavy atom. The molecular weight excluding hydrogens is 242 g/mol. The van der Waals surface area contributed by atoms with Gasteiger partial charge in [0.25, 0.3) is 0 Å². The molecule has 72 valence electrons. The first-order valence-electron chi connectivity index (χ1n) is 4.31. The second kappa shape index (κ2) is 3.53. The average molecular weight is 252 g/mol. The maximum Gasteiger partial charge on any atom is 0.141 e. The SMILES string of the molecule is Cc1cc(Br)cnc1-n1ccnc1C. The van der Waals surface area contributed by atoms with Crippen molar-refractivity contribution in [1.82, 2.24) is 14.5 Å². The molecule has 0 unspecified atom stereocenters. The number of imidazole rings is 1. The Morgan fingerprint density at radius 1 is 1.29 bits per heavy atom. The van der Waals surface area contributed by atoms with Crippen molar-refractivity contribution in [2.24, 2.45) is 0 Å². The van der Waals surface area contributed by atoms with E-state index in [9.17, 15) is 0 Å². The number of rotatable bonds is 1. The summed E-state index contributed by atoms with van der Waals surface area (Å²) in [6.07, 6.45) is 5.48. The molecule has 0 aromatic carbocycles. The van der Waals surface area contributed by atoms with Crippen molar-refractivity contribution in [1.29, 1.82) is 0 Å². The van der Waals surface area contributed by atoms with Gasteiger partial charge in [-0.3, -0.25) is 4.57 Å². The third-order valence-corrected chi connectivity index (χ3v) is 2.50. The normalized spacial score (nSPS) is 10.5. The fourth-order valence-electron chi connectivity index (χ4n) is 1.39. The Bertz CT molecular complexity index is 462. The number of aryl methyl sites for hydroxylation is 2. The quantitative estimate of drug-likeness (QED) is 0.781. The first-order valence-corrected chi connectivity index (χ1v) is 5.10. The number of hydrogen-bond donors (Lipinski definition) is 0. The summed E-state index contributed by atoms with van der Waals surface area (Å²) in [5.41, 5.74) is 1.13. The number of nitrogens with zero attached hydrogens (tertiary/aromatic N) is 3. The summed E-state index contributed by atoms with van der Waals surface area (Å²) >= 11 is 3.39. The van der Waals surface area contributed by atoms with Gasteiger partial charge in [0.2, 0.25) is 0 Å². The van der Waals surface area contributed by atoms with Gasteiger partial charge in [-0.15, -0.1) is 0 Å². The van der Waals surface area contributed by atoms with E-state index in [1.54, 1.807) is 12.4 Å². The minimum absolute atomic E-state index is 0.934. The van der Waals surface area contributed by atoms with Crippen LogP contribution in [0.1, 0.15) is 11.4 Å². The topological polar surface area (TPSA) is 30.7 Å². The molecule has 0 saturated carbocycles. The van der Waals surface area contributed by atoms with Crippen LogP contribution in [0.2, 0.25) is 0 Å². The first kappa shape index (κ1) is 9.40. The van der Waals surface area contributed by atoms with E-state index in [-0.39, 0.29) is 0 Å². The van der Waals surface area contributed by atoms with E-state index in [0.29, 0.717) is 0 Å². The Hall–Kier alpha value is -1.16. The molecule has 0 fully saturated rings. The maximum absolute atomic E-state index is 4.36. The van der Waals surface area contributed by atoms with E-state index in [4.69, 9.17) is 0 Å². The fourth-order valence-corrected chi connectivity index (χ4v) is 1.83. The molecule has 4 heteroatoms. The molecule has 14 heavy (non-hydrogen) atoms. The zero-order chi connectivity index (χ0) is 10.1. The van der Waals surface area contributed by atoms with Gasteiger partial charge in [-0.2, -0.15) is 0 Å². The molecule has 0 amide bonds. The van der Waals surface area contributed by atoms with Crippen molar-refractivity contribution in [2.45, 2.75) is 13.8 Å². The molecule has 3 nitrogen and oxygen atoms in total. The Labute approximate surface area is 90.9 Å². The highest BCUT2D eigenvalue weighted by Crippen LogP contribution is 2.17. The molecule has 0 saturated heterocycles. The molecule has 2 rings (SSSR count). The van der Waals surface area contributed by atoms with Crippen LogP contribution in [0.25, 0.3) is 5.82 Å². The van der Waals surface area contributed by atoms with E-state index in [1.807, 2.05) is 30.7 Å². The van der Waals surface area contributed by atoms with Gasteiger partial charge >= 0.3 is 0 Å². The summed E-state index contributed by atoms with van der Waals surface area (Å²) in [5.74, 6) is 1.88. The Morgan fingerprint density at radius 2 is 2.07 bits per heavy atom. The minimum atomic E-state index is 0.934. The van der Waals surface area contributed by atoms with Crippen molar-refractivity contribution >= 4 is 15.9 Å². The van der Waals surface area contributed by atoms with E-state index in [1.165, 1.54) is 0 Å². The van der Waals surface area contributed by atoms with E-state index < -0.39 is 0 Å². The lowest BCUT2D eigenvalue weighted by atomic mass is 10.3. The summed E-state index contributed by atoms with van der Waals surface area (Å²) < 4.78 is 2.97. The summed E-state index contributed by atoms with van der Waals surface area (Å²) in [7, 11) is 0. The van der Waals surface area contributed by atoms with Gasteiger partial charge in [0.15, 0.2) is 0 Å². The lowest BCUT2D eigenvalue weighted by Gasteiger charge is -2.07. The molecular formula is C10H10BrN3. The third kappa shape index (κ3) is 1.57. The van der Waals surface area contributed by atoms with Crippen LogP contribution >= 0.6 is 15.9 Å². The van der Waals surface area contributed by atoms with Crippen LogP contribution in [0.3, 0.4) is 0 Å². The van der Waals surface area contributed by atoms with Crippen LogP contribution in [-0.2, 0) is 0 Å². The molecule has 0 bridgehead atoms. The zero-order valence-electron chi connectivity index (χ0n) is 8.03. The molecule has 2 heterocycles. The number of hydrogen-bond acceptors (Lipinski definition) is 2. The Kier molecular flexibility index (Phi) is 2.37. The summed E-state index contributed by atoms with van der Waals surface area (Å²) in [4.78, 5) is 8.52.